The molecule has 4 rings (SSSR count). The summed E-state index contributed by atoms with van der Waals surface area (Å²) in [6, 6.07) is 18.7. The summed E-state index contributed by atoms with van der Waals surface area (Å²) in [4.78, 5) is 11.4. The zero-order chi connectivity index (χ0) is 22.2. The van der Waals surface area contributed by atoms with Gasteiger partial charge in [0.05, 0.1) is 17.5 Å². The van der Waals surface area contributed by atoms with Gasteiger partial charge in [0.1, 0.15) is 12.4 Å². The van der Waals surface area contributed by atoms with Gasteiger partial charge in [-0.1, -0.05) is 35.1 Å². The van der Waals surface area contributed by atoms with Crippen LogP contribution in [0.3, 0.4) is 0 Å². The van der Waals surface area contributed by atoms with Gasteiger partial charge in [0.25, 0.3) is 0 Å². The first-order valence-corrected chi connectivity index (χ1v) is 11.3. The van der Waals surface area contributed by atoms with Crippen molar-refractivity contribution in [3.8, 4) is 0 Å². The molecule has 0 unspecified atom stereocenters. The van der Waals surface area contributed by atoms with Crippen molar-refractivity contribution in [2.24, 2.45) is 5.16 Å². The van der Waals surface area contributed by atoms with Crippen LogP contribution in [0, 0.1) is 5.82 Å². The van der Waals surface area contributed by atoms with E-state index in [1.54, 1.807) is 31.7 Å². The van der Waals surface area contributed by atoms with E-state index in [1.807, 2.05) is 48.5 Å². The van der Waals surface area contributed by atoms with E-state index in [1.165, 1.54) is 11.8 Å². The Morgan fingerprint density at radius 2 is 1.91 bits per heavy atom. The Morgan fingerprint density at radius 3 is 2.62 bits per heavy atom. The zero-order valence-corrected chi connectivity index (χ0v) is 18.7. The summed E-state index contributed by atoms with van der Waals surface area (Å²) in [5.74, 6) is -0.260. The molecule has 0 atom stereocenters. The van der Waals surface area contributed by atoms with Gasteiger partial charge >= 0.3 is 0 Å². The fourth-order valence-corrected chi connectivity index (χ4v) is 4.54. The molecule has 0 bridgehead atoms. The quantitative estimate of drug-likeness (QED) is 0.330. The number of benzene rings is 2. The molecular weight excluding hydrogens is 427 g/mol. The normalized spacial score (nSPS) is 15.7. The summed E-state index contributed by atoms with van der Waals surface area (Å²) in [5.41, 5.74) is 2.10. The fourth-order valence-electron chi connectivity index (χ4n) is 3.64. The van der Waals surface area contributed by atoms with Gasteiger partial charge < -0.3 is 14.3 Å². The summed E-state index contributed by atoms with van der Waals surface area (Å²) in [6.45, 7) is 1.58. The summed E-state index contributed by atoms with van der Waals surface area (Å²) in [6.07, 6.45) is 4.72. The van der Waals surface area contributed by atoms with Gasteiger partial charge in [-0.3, -0.25) is 4.98 Å². The van der Waals surface area contributed by atoms with Gasteiger partial charge in [-0.05, 0) is 53.6 Å². The van der Waals surface area contributed by atoms with Gasteiger partial charge in [-0.25, -0.2) is 4.39 Å². The van der Waals surface area contributed by atoms with Gasteiger partial charge in [0.15, 0.2) is 0 Å². The second-order valence-electron chi connectivity index (χ2n) is 7.49. The maximum atomic E-state index is 14.4. The molecule has 1 saturated heterocycles. The maximum Gasteiger partial charge on any atom is 0.142 e. The van der Waals surface area contributed by atoms with Crippen LogP contribution in [0.2, 0.25) is 0 Å². The Bertz CT molecular complexity index is 1040. The topological polar surface area (TPSA) is 52.9 Å². The number of pyridine rings is 1. The van der Waals surface area contributed by atoms with E-state index >= 15 is 0 Å². The number of methoxy groups -OCH3 is 1. The molecule has 1 aliphatic heterocycles. The molecule has 0 radical (unpaired) electrons. The van der Waals surface area contributed by atoms with E-state index in [0.717, 1.165) is 26.6 Å². The number of ether oxygens (including phenoxy) is 2. The van der Waals surface area contributed by atoms with Crippen molar-refractivity contribution in [2.45, 2.75) is 34.8 Å². The summed E-state index contributed by atoms with van der Waals surface area (Å²) >= 11 is 1.52. The molecule has 2 heterocycles. The Labute approximate surface area is 191 Å². The lowest BCUT2D eigenvalue weighted by Gasteiger charge is -2.36. The Morgan fingerprint density at radius 1 is 1.09 bits per heavy atom. The van der Waals surface area contributed by atoms with E-state index in [0.29, 0.717) is 32.7 Å². The summed E-state index contributed by atoms with van der Waals surface area (Å²) in [5, 5.41) is 3.95. The van der Waals surface area contributed by atoms with Crippen LogP contribution in [0.15, 0.2) is 81.8 Å². The average molecular weight is 453 g/mol. The van der Waals surface area contributed by atoms with E-state index in [-0.39, 0.29) is 5.82 Å². The highest BCUT2D eigenvalue weighted by atomic mass is 32.2. The molecule has 7 heteroatoms. The van der Waals surface area contributed by atoms with Crippen molar-refractivity contribution in [1.82, 2.24) is 4.98 Å². The first-order chi connectivity index (χ1) is 15.7. The standard InChI is InChI=1S/C25H25FN2O3S/c1-29-25(9-12-30-13-10-25)20-14-21(26)16-24(15-20)32-23-7-5-19(6-8-23)18-31-28-17-22-4-2-3-11-27-22/h2-8,11,14-17H,9-10,12-13,18H2,1H3. The molecular formula is C25H25FN2O3S. The summed E-state index contributed by atoms with van der Waals surface area (Å²) < 4.78 is 25.7. The van der Waals surface area contributed by atoms with Gasteiger partial charge in [0, 0.05) is 49.2 Å². The molecule has 0 spiro atoms. The van der Waals surface area contributed by atoms with Crippen molar-refractivity contribution in [3.05, 3.63) is 89.5 Å². The second-order valence-corrected chi connectivity index (χ2v) is 8.64. The monoisotopic (exact) mass is 452 g/mol. The van der Waals surface area contributed by atoms with Crippen molar-refractivity contribution >= 4 is 18.0 Å². The molecule has 0 amide bonds. The number of hydrogen-bond acceptors (Lipinski definition) is 6. The SMILES string of the molecule is COC1(c2cc(F)cc(Sc3ccc(CON=Cc4ccccn4)cc3)c2)CCOCC1. The first-order valence-electron chi connectivity index (χ1n) is 10.4. The summed E-state index contributed by atoms with van der Waals surface area (Å²) in [7, 11) is 1.68. The molecule has 1 aliphatic rings. The average Bonchev–Trinajstić information content (AvgIpc) is 2.83. The molecule has 166 valence electrons. The van der Waals surface area contributed by atoms with Crippen LogP contribution in [-0.2, 0) is 26.5 Å². The Kier molecular flexibility index (Phi) is 7.52. The Balaban J connectivity index is 1.39. The number of aromatic nitrogens is 1. The van der Waals surface area contributed by atoms with E-state index in [4.69, 9.17) is 14.3 Å². The van der Waals surface area contributed by atoms with Crippen molar-refractivity contribution in [2.75, 3.05) is 20.3 Å². The fraction of sp³-hybridized carbons (Fsp3) is 0.280. The molecule has 32 heavy (non-hydrogen) atoms. The van der Waals surface area contributed by atoms with Crippen LogP contribution >= 0.6 is 11.8 Å². The van der Waals surface area contributed by atoms with E-state index in [9.17, 15) is 4.39 Å². The predicted molar refractivity (Wildman–Crippen MR) is 122 cm³/mol. The highest BCUT2D eigenvalue weighted by Crippen LogP contribution is 2.38. The first kappa shape index (κ1) is 22.5. The third-order valence-corrected chi connectivity index (χ3v) is 6.41. The number of halogens is 1. The largest absolute Gasteiger partial charge is 0.391 e. The van der Waals surface area contributed by atoms with Crippen molar-refractivity contribution in [1.29, 1.82) is 0 Å². The number of hydrogen-bond donors (Lipinski definition) is 0. The van der Waals surface area contributed by atoms with Gasteiger partial charge in [-0.2, -0.15) is 0 Å². The lowest BCUT2D eigenvalue weighted by molar-refractivity contribution is -0.0950. The minimum atomic E-state index is -0.493. The number of oxime groups is 1. The lowest BCUT2D eigenvalue weighted by atomic mass is 9.86. The molecule has 5 nitrogen and oxygen atoms in total. The second kappa shape index (κ2) is 10.7. The smallest absolute Gasteiger partial charge is 0.142 e. The van der Waals surface area contributed by atoms with Gasteiger partial charge in [-0.15, -0.1) is 0 Å². The molecule has 3 aromatic rings. The highest BCUT2D eigenvalue weighted by Gasteiger charge is 2.35. The molecule has 0 aliphatic carbocycles. The lowest BCUT2D eigenvalue weighted by Crippen LogP contribution is -2.35. The molecule has 1 fully saturated rings. The van der Waals surface area contributed by atoms with Crippen molar-refractivity contribution in [3.63, 3.8) is 0 Å². The number of nitrogens with zero attached hydrogens (tertiary/aromatic N) is 2. The predicted octanol–water partition coefficient (Wildman–Crippen LogP) is 5.57. The van der Waals surface area contributed by atoms with E-state index < -0.39 is 5.60 Å². The minimum absolute atomic E-state index is 0.260. The van der Waals surface area contributed by atoms with E-state index in [2.05, 4.69) is 10.1 Å². The molecule has 0 saturated carbocycles. The van der Waals surface area contributed by atoms with Crippen LogP contribution < -0.4 is 0 Å². The van der Waals surface area contributed by atoms with Crippen LogP contribution in [0.25, 0.3) is 0 Å². The van der Waals surface area contributed by atoms with Crippen molar-refractivity contribution < 1.29 is 18.7 Å². The molecule has 1 aromatic heterocycles. The molecule has 0 N–H and O–H groups in total. The maximum absolute atomic E-state index is 14.4. The van der Waals surface area contributed by atoms with Crippen LogP contribution in [0.5, 0.6) is 0 Å². The minimum Gasteiger partial charge on any atom is -0.391 e. The zero-order valence-electron chi connectivity index (χ0n) is 17.9. The highest BCUT2D eigenvalue weighted by molar-refractivity contribution is 7.99. The third kappa shape index (κ3) is 5.73. The van der Waals surface area contributed by atoms with Crippen LogP contribution in [-0.4, -0.2) is 31.5 Å². The molecule has 2 aromatic carbocycles. The third-order valence-electron chi connectivity index (χ3n) is 5.43. The van der Waals surface area contributed by atoms with Gasteiger partial charge in [0.2, 0.25) is 0 Å². The van der Waals surface area contributed by atoms with Crippen LogP contribution in [0.1, 0.15) is 29.7 Å². The van der Waals surface area contributed by atoms with Crippen LogP contribution in [0.4, 0.5) is 4.39 Å². The Hall–Kier alpha value is -2.74. The number of rotatable bonds is 8.